The van der Waals surface area contributed by atoms with E-state index in [1.165, 1.54) is 18.3 Å². The number of benzene rings is 3. The van der Waals surface area contributed by atoms with Gasteiger partial charge in [-0.3, -0.25) is 0 Å². The molecule has 0 aliphatic carbocycles. The first-order valence-corrected chi connectivity index (χ1v) is 12.8. The van der Waals surface area contributed by atoms with E-state index < -0.39 is 17.5 Å². The van der Waals surface area contributed by atoms with Gasteiger partial charge in [0.05, 0.1) is 18.2 Å². The first-order chi connectivity index (χ1) is 19.8. The molecule has 1 unspecified atom stereocenters. The molecule has 1 atom stereocenters. The number of ether oxygens (including phenoxy) is 1. The Balaban J connectivity index is 1.37. The van der Waals surface area contributed by atoms with Crippen LogP contribution in [-0.2, 0) is 10.3 Å². The molecule has 11 heteroatoms. The quantitative estimate of drug-likeness (QED) is 0.208. The summed E-state index contributed by atoms with van der Waals surface area (Å²) in [5.41, 5.74) is 2.83. The number of carbonyl (C=O) groups is 1. The molecule has 3 heterocycles. The maximum absolute atomic E-state index is 13.8. The molecule has 5 aromatic rings. The van der Waals surface area contributed by atoms with Gasteiger partial charge in [-0.25, -0.2) is 14.2 Å². The predicted octanol–water partition coefficient (Wildman–Crippen LogP) is 5.63. The van der Waals surface area contributed by atoms with E-state index in [4.69, 9.17) is 9.26 Å². The highest BCUT2D eigenvalue weighted by Crippen LogP contribution is 2.38. The molecule has 0 saturated heterocycles. The zero-order valence-corrected chi connectivity index (χ0v) is 22.1. The average molecular weight is 553 g/mol. The Labute approximate surface area is 234 Å². The number of aromatic nitrogens is 4. The first kappa shape index (κ1) is 26.1. The van der Waals surface area contributed by atoms with E-state index in [1.807, 2.05) is 50.2 Å². The number of hydrogen-bond donors (Lipinski definition) is 3. The molecule has 41 heavy (non-hydrogen) atoms. The summed E-state index contributed by atoms with van der Waals surface area (Å²) in [7, 11) is 0. The van der Waals surface area contributed by atoms with Crippen molar-refractivity contribution in [2.75, 3.05) is 17.2 Å². The van der Waals surface area contributed by atoms with Gasteiger partial charge in [0.2, 0.25) is 11.8 Å². The van der Waals surface area contributed by atoms with Gasteiger partial charge in [0.25, 0.3) is 5.89 Å². The first-order valence-electron chi connectivity index (χ1n) is 12.8. The molecule has 0 amide bonds. The fourth-order valence-electron chi connectivity index (χ4n) is 4.64. The van der Waals surface area contributed by atoms with E-state index in [0.717, 1.165) is 11.1 Å². The van der Waals surface area contributed by atoms with Crippen LogP contribution < -0.4 is 10.6 Å². The van der Waals surface area contributed by atoms with Crippen LogP contribution in [0.15, 0.2) is 83.5 Å². The van der Waals surface area contributed by atoms with E-state index >= 15 is 0 Å². The molecular formula is C30H25FN6O4. The number of esters is 1. The molecule has 0 radical (unpaired) electrons. The summed E-state index contributed by atoms with van der Waals surface area (Å²) in [6.45, 7) is 3.44. The van der Waals surface area contributed by atoms with Gasteiger partial charge in [-0.1, -0.05) is 47.6 Å². The van der Waals surface area contributed by atoms with Crippen molar-refractivity contribution < 1.29 is 23.6 Å². The lowest BCUT2D eigenvalue weighted by Gasteiger charge is -2.20. The minimum atomic E-state index is -0.761. The van der Waals surface area contributed by atoms with Gasteiger partial charge in [-0.2, -0.15) is 9.97 Å². The number of nitrogens with one attached hydrogen (secondary N) is 2. The van der Waals surface area contributed by atoms with Gasteiger partial charge in [0.1, 0.15) is 22.8 Å². The Morgan fingerprint density at radius 3 is 2.61 bits per heavy atom. The third kappa shape index (κ3) is 5.22. The summed E-state index contributed by atoms with van der Waals surface area (Å²) in [5.74, 6) is 0.0879. The second kappa shape index (κ2) is 10.4. The maximum atomic E-state index is 13.8. The number of hydrogen-bond acceptors (Lipinski definition) is 10. The lowest BCUT2D eigenvalue weighted by atomic mass is 9.95. The van der Waals surface area contributed by atoms with E-state index in [1.54, 1.807) is 24.3 Å². The van der Waals surface area contributed by atoms with Crippen LogP contribution in [0.4, 0.5) is 21.8 Å². The summed E-state index contributed by atoms with van der Waals surface area (Å²) < 4.78 is 24.8. The van der Waals surface area contributed by atoms with Crippen LogP contribution in [0.1, 0.15) is 41.4 Å². The van der Waals surface area contributed by atoms with E-state index in [0.29, 0.717) is 28.2 Å². The predicted molar refractivity (Wildman–Crippen MR) is 149 cm³/mol. The molecule has 1 aliphatic heterocycles. The fourth-order valence-corrected chi connectivity index (χ4v) is 4.64. The third-order valence-electron chi connectivity index (χ3n) is 6.72. The van der Waals surface area contributed by atoms with E-state index in [-0.39, 0.29) is 30.2 Å². The van der Waals surface area contributed by atoms with Gasteiger partial charge in [-0.05, 0) is 49.7 Å². The van der Waals surface area contributed by atoms with Crippen molar-refractivity contribution >= 4 is 23.4 Å². The summed E-state index contributed by atoms with van der Waals surface area (Å²) in [4.78, 5) is 25.7. The van der Waals surface area contributed by atoms with Crippen molar-refractivity contribution in [3.63, 3.8) is 0 Å². The molecule has 10 nitrogen and oxygen atoms in total. The highest BCUT2D eigenvalue weighted by Gasteiger charge is 2.37. The van der Waals surface area contributed by atoms with Gasteiger partial charge >= 0.3 is 5.97 Å². The number of anilines is 3. The van der Waals surface area contributed by atoms with Crippen molar-refractivity contribution in [1.82, 2.24) is 20.1 Å². The number of halogens is 1. The molecule has 1 aliphatic rings. The Kier molecular flexibility index (Phi) is 6.64. The second-order valence-electron chi connectivity index (χ2n) is 9.96. The van der Waals surface area contributed by atoms with Crippen LogP contribution in [0, 0.1) is 5.82 Å². The minimum Gasteiger partial charge on any atom is -0.451 e. The number of rotatable bonds is 8. The molecule has 3 N–H and O–H groups in total. The number of carbonyl (C=O) groups excluding carboxylic acids is 1. The van der Waals surface area contributed by atoms with Gasteiger partial charge in [0, 0.05) is 23.0 Å². The number of aliphatic hydroxyl groups is 1. The molecular weight excluding hydrogens is 527 g/mol. The zero-order chi connectivity index (χ0) is 28.6. The van der Waals surface area contributed by atoms with Crippen molar-refractivity contribution in [1.29, 1.82) is 0 Å². The lowest BCUT2D eigenvalue weighted by molar-refractivity contribution is 0.00954. The smallest absolute Gasteiger partial charge is 0.339 e. The monoisotopic (exact) mass is 552 g/mol. The molecule has 6 rings (SSSR count). The molecule has 0 fully saturated rings. The van der Waals surface area contributed by atoms with Crippen molar-refractivity contribution in [2.45, 2.75) is 25.5 Å². The minimum absolute atomic E-state index is 0.109. The van der Waals surface area contributed by atoms with Crippen molar-refractivity contribution in [3.05, 3.63) is 102 Å². The SMILES string of the molecule is CC1(C)OC(=O)c2ccc(Nc3ncc(-c4nc(-c5cccc(F)c5)no4)c(NC(CO)c4ccccc4)n3)cc21. The number of fused-ring (bicyclic) bond motifs is 1. The van der Waals surface area contributed by atoms with Crippen molar-refractivity contribution in [2.24, 2.45) is 0 Å². The van der Waals surface area contributed by atoms with Gasteiger partial charge in [-0.15, -0.1) is 0 Å². The third-order valence-corrected chi connectivity index (χ3v) is 6.72. The molecule has 0 saturated carbocycles. The summed E-state index contributed by atoms with van der Waals surface area (Å²) in [5, 5.41) is 20.6. The van der Waals surface area contributed by atoms with E-state index in [9.17, 15) is 14.3 Å². The van der Waals surface area contributed by atoms with Crippen LogP contribution in [0.2, 0.25) is 0 Å². The Hall–Kier alpha value is -5.16. The van der Waals surface area contributed by atoms with Crippen LogP contribution in [0.3, 0.4) is 0 Å². The summed E-state index contributed by atoms with van der Waals surface area (Å²) >= 11 is 0. The summed E-state index contributed by atoms with van der Waals surface area (Å²) in [6, 6.07) is 20.1. The lowest BCUT2D eigenvalue weighted by Crippen LogP contribution is -2.17. The second-order valence-corrected chi connectivity index (χ2v) is 9.96. The van der Waals surface area contributed by atoms with Crippen LogP contribution >= 0.6 is 0 Å². The molecule has 2 aromatic heterocycles. The average Bonchev–Trinajstić information content (AvgIpc) is 3.54. The number of aliphatic hydroxyl groups excluding tert-OH is 1. The zero-order valence-electron chi connectivity index (χ0n) is 22.1. The number of nitrogens with zero attached hydrogens (tertiary/aromatic N) is 4. The van der Waals surface area contributed by atoms with Crippen LogP contribution in [0.25, 0.3) is 22.8 Å². The van der Waals surface area contributed by atoms with Gasteiger partial charge in [0.15, 0.2) is 0 Å². The number of cyclic esters (lactones) is 1. The fraction of sp³-hybridized carbons (Fsp3) is 0.167. The molecule has 0 spiro atoms. The Bertz CT molecular complexity index is 1740. The highest BCUT2D eigenvalue weighted by atomic mass is 19.1. The molecule has 3 aromatic carbocycles. The Morgan fingerprint density at radius 2 is 1.83 bits per heavy atom. The van der Waals surface area contributed by atoms with Crippen molar-refractivity contribution in [3.8, 4) is 22.8 Å². The summed E-state index contributed by atoms with van der Waals surface area (Å²) in [6.07, 6.45) is 1.52. The van der Waals surface area contributed by atoms with Crippen LogP contribution in [-0.4, -0.2) is 37.8 Å². The largest absolute Gasteiger partial charge is 0.451 e. The Morgan fingerprint density at radius 1 is 1.00 bits per heavy atom. The van der Waals surface area contributed by atoms with Gasteiger partial charge < -0.3 is 25.0 Å². The normalized spacial score (nSPS) is 14.3. The maximum Gasteiger partial charge on any atom is 0.339 e. The highest BCUT2D eigenvalue weighted by molar-refractivity contribution is 5.95. The molecule has 0 bridgehead atoms. The molecule has 206 valence electrons. The topological polar surface area (TPSA) is 135 Å². The van der Waals surface area contributed by atoms with E-state index in [2.05, 4.69) is 30.7 Å². The standard InChI is InChI=1S/C30H25FN6O4/c1-30(2)23-14-20(11-12-21(23)28(39)40-30)33-29-32-15-22(26(36-29)34-24(16-38)17-7-4-3-5-8-17)27-35-25(37-41-27)18-9-6-10-19(31)13-18/h3-15,24,38H,16H2,1-2H3,(H2,32,33,34,36). The van der Waals surface area contributed by atoms with Crippen LogP contribution in [0.5, 0.6) is 0 Å².